The maximum atomic E-state index is 12.6. The third kappa shape index (κ3) is 34.5. The van der Waals surface area contributed by atoms with Gasteiger partial charge in [0.25, 0.3) is 28.0 Å². The predicted molar refractivity (Wildman–Crippen MR) is 211 cm³/mol. The molecule has 0 saturated heterocycles. The molecule has 0 bridgehead atoms. The van der Waals surface area contributed by atoms with Crippen LogP contribution in [0.4, 0.5) is 0 Å². The largest absolute Gasteiger partial charge is 1.20 e. The second-order valence-corrected chi connectivity index (χ2v) is 17.6. The fourth-order valence-electron chi connectivity index (χ4n) is 6.33. The summed E-state index contributed by atoms with van der Waals surface area (Å²) in [4.78, 5) is 48.8. The van der Waals surface area contributed by atoms with Gasteiger partial charge in [0.2, 0.25) is 0 Å². The van der Waals surface area contributed by atoms with Crippen LogP contribution in [-0.4, -0.2) is 62.4 Å². The van der Waals surface area contributed by atoms with Crippen LogP contribution >= 0.6 is 0 Å². The van der Waals surface area contributed by atoms with Crippen LogP contribution in [0.2, 0.25) is 0 Å². The van der Waals surface area contributed by atoms with Gasteiger partial charge in [-0.15, -0.1) is 0 Å². The summed E-state index contributed by atoms with van der Waals surface area (Å²) in [5.41, 5.74) is 0. The van der Waals surface area contributed by atoms with Crippen LogP contribution in [0.5, 0.6) is 0 Å². The van der Waals surface area contributed by atoms with E-state index >= 15 is 0 Å². The zero-order chi connectivity index (χ0) is 39.4. The molecule has 2 N–H and O–H groups in total. The highest BCUT2D eigenvalue weighted by Crippen LogP contribution is 2.17. The smallest absolute Gasteiger partial charge is 0.551 e. The summed E-state index contributed by atoms with van der Waals surface area (Å²) in [7, 11) is -5.15. The van der Waals surface area contributed by atoms with Crippen molar-refractivity contribution in [3.63, 3.8) is 0 Å². The first-order valence-electron chi connectivity index (χ1n) is 21.3. The molecule has 53 heavy (non-hydrogen) atoms. The van der Waals surface area contributed by atoms with Crippen LogP contribution in [0.25, 0.3) is 0 Å². The third-order valence-corrected chi connectivity index (χ3v) is 12.0. The van der Waals surface area contributed by atoms with Crippen molar-refractivity contribution in [1.29, 1.82) is 0 Å². The van der Waals surface area contributed by atoms with Crippen molar-refractivity contribution >= 4 is 49.1 Å². The minimum atomic E-state index is -5.15. The Hall–Kier alpha value is -1.68. The molecule has 1 atom stereocenters. The van der Waals surface area contributed by atoms with Crippen LogP contribution in [0.3, 0.4) is 0 Å². The maximum Gasteiger partial charge on any atom is 1.20 e. The van der Waals surface area contributed by atoms with E-state index in [1.165, 1.54) is 128 Å². The van der Waals surface area contributed by atoms with E-state index in [1.807, 2.05) is 0 Å². The summed E-state index contributed by atoms with van der Waals surface area (Å²) in [5.74, 6) is -4.83. The number of carbonyl (C=O) groups excluding carboxylic acids is 3. The standard InChI is InChI=1S/2C18H36O2.C4H6O7S.Al/c2*1-2-3-4-5-6-7-8-9-10-11-12-13-14-15-16-17-18(19)20;5-3(6)1-2(4(7)8)12(9,10)11;/h2*2-17H2,1H3,(H,19,20);2H,1H2,(H,5,6)(H,7,8)(H,9,10,11);/q;;;+3/p-3. The highest BCUT2D eigenvalue weighted by molar-refractivity contribution is 7.87. The lowest BCUT2D eigenvalue weighted by atomic mass is 10.0. The molecule has 13 heteroatoms. The van der Waals surface area contributed by atoms with Crippen LogP contribution in [0.1, 0.15) is 226 Å². The van der Waals surface area contributed by atoms with E-state index in [2.05, 4.69) is 13.8 Å². The number of carboxylic acid groups (broad SMARTS) is 1. The molecule has 0 aromatic heterocycles. The molecule has 0 spiro atoms. The number of hydrogen-bond donors (Lipinski definition) is 2. The van der Waals surface area contributed by atoms with E-state index in [0.29, 0.717) is 12.8 Å². The molecule has 11 nitrogen and oxygen atoms in total. The van der Waals surface area contributed by atoms with Gasteiger partial charge in [0.1, 0.15) is 0 Å². The summed E-state index contributed by atoms with van der Waals surface area (Å²) < 4.78 is 48.1. The summed E-state index contributed by atoms with van der Waals surface area (Å²) in [5, 5.41) is 6.56. The number of hydrogen-bond acceptors (Lipinski definition) is 9. The third-order valence-electron chi connectivity index (χ3n) is 9.62. The van der Waals surface area contributed by atoms with Crippen molar-refractivity contribution in [2.24, 2.45) is 0 Å². The average Bonchev–Trinajstić information content (AvgIpc) is 3.09. The highest BCUT2D eigenvalue weighted by atomic mass is 32.2. The van der Waals surface area contributed by atoms with Crippen molar-refractivity contribution < 1.29 is 48.6 Å². The molecule has 0 heterocycles. The zero-order valence-corrected chi connectivity index (χ0v) is 35.4. The van der Waals surface area contributed by atoms with Crippen LogP contribution in [-0.2, 0) is 40.7 Å². The number of unbranched alkanes of at least 4 members (excludes halogenated alkanes) is 28. The Morgan fingerprint density at radius 1 is 0.472 bits per heavy atom. The van der Waals surface area contributed by atoms with Crippen molar-refractivity contribution in [3.05, 3.63) is 0 Å². The Labute approximate surface area is 327 Å². The molecule has 0 aliphatic carbocycles. The molecule has 0 aliphatic heterocycles. The fraction of sp³-hybridized carbons (Fsp3) is 0.900. The molecule has 0 amide bonds. The van der Waals surface area contributed by atoms with Gasteiger partial charge in [-0.2, -0.15) is 8.42 Å². The van der Waals surface area contributed by atoms with Gasteiger partial charge in [0.05, 0.1) is 6.42 Å². The van der Waals surface area contributed by atoms with E-state index in [9.17, 15) is 32.1 Å². The lowest BCUT2D eigenvalue weighted by Crippen LogP contribution is -2.41. The Bertz CT molecular complexity index is 990. The van der Waals surface area contributed by atoms with Crippen molar-refractivity contribution in [3.8, 4) is 0 Å². The molecule has 0 saturated carbocycles. The van der Waals surface area contributed by atoms with Gasteiger partial charge in [-0.1, -0.05) is 194 Å². The van der Waals surface area contributed by atoms with Crippen LogP contribution in [0.15, 0.2) is 0 Å². The molecule has 0 radical (unpaired) electrons. The molecular weight excluding hydrogens is 715 g/mol. The van der Waals surface area contributed by atoms with Crippen LogP contribution in [0, 0.1) is 0 Å². The van der Waals surface area contributed by atoms with Crippen molar-refractivity contribution in [2.45, 2.75) is 231 Å². The number of carbonyl (C=O) groups is 4. The number of rotatable bonds is 39. The van der Waals surface area contributed by atoms with Crippen molar-refractivity contribution in [2.75, 3.05) is 0 Å². The fourth-order valence-corrected chi connectivity index (χ4v) is 8.24. The van der Waals surface area contributed by atoms with E-state index in [-0.39, 0.29) is 12.8 Å². The lowest BCUT2D eigenvalue weighted by Gasteiger charge is -2.16. The zero-order valence-electron chi connectivity index (χ0n) is 33.5. The average molecular weight is 791 g/mol. The number of aliphatic carboxylic acids is 1. The van der Waals surface area contributed by atoms with Crippen LogP contribution < -0.4 is 0 Å². The molecule has 0 aromatic rings. The van der Waals surface area contributed by atoms with Gasteiger partial charge in [0.15, 0.2) is 5.25 Å². The Morgan fingerprint density at radius 3 is 0.981 bits per heavy atom. The van der Waals surface area contributed by atoms with Gasteiger partial charge in [-0.25, -0.2) is 0 Å². The monoisotopic (exact) mass is 790 g/mol. The van der Waals surface area contributed by atoms with E-state index < -0.39 is 60.8 Å². The minimum Gasteiger partial charge on any atom is -0.551 e. The Kier molecular flexibility index (Phi) is 34.9. The van der Waals surface area contributed by atoms with Gasteiger partial charge in [-0.3, -0.25) is 23.7 Å². The van der Waals surface area contributed by atoms with Gasteiger partial charge in [-0.05, 0) is 12.8 Å². The van der Waals surface area contributed by atoms with Gasteiger partial charge >= 0.3 is 21.1 Å². The summed E-state index contributed by atoms with van der Waals surface area (Å²) >= 11 is -3.89. The summed E-state index contributed by atoms with van der Waals surface area (Å²) in [6.07, 6.45) is 33.7. The minimum absolute atomic E-state index is 0.00719. The first-order valence-corrected chi connectivity index (χ1v) is 24.2. The van der Waals surface area contributed by atoms with Crippen molar-refractivity contribution in [1.82, 2.24) is 0 Å². The number of carboxylic acids is 1. The van der Waals surface area contributed by atoms with Gasteiger partial charge < -0.3 is 16.5 Å². The van der Waals surface area contributed by atoms with Gasteiger partial charge in [0, 0.05) is 12.8 Å². The maximum absolute atomic E-state index is 12.6. The normalized spacial score (nSPS) is 12.0. The predicted octanol–water partition coefficient (Wildman–Crippen LogP) is 10.9. The molecule has 0 aromatic carbocycles. The van der Waals surface area contributed by atoms with E-state index in [0.717, 1.165) is 51.4 Å². The SMILES string of the molecule is CCCCCCCCCCCCCCCCCC(=O)[O][Al]([O]C(=O)CCCCCCCCCCCCCCCCC)[O]C(=O)C(CC(=O)O)S(=O)(=O)O. The summed E-state index contributed by atoms with van der Waals surface area (Å²) in [6.45, 7) is 4.47. The van der Waals surface area contributed by atoms with E-state index in [4.69, 9.17) is 16.5 Å². The second-order valence-electron chi connectivity index (χ2n) is 14.7. The molecule has 0 fully saturated rings. The molecule has 0 aliphatic rings. The molecule has 0 rings (SSSR count). The topological polar surface area (TPSA) is 171 Å². The lowest BCUT2D eigenvalue weighted by molar-refractivity contribution is -0.149. The first-order chi connectivity index (χ1) is 25.5. The molecule has 310 valence electrons. The second kappa shape index (κ2) is 36.0. The Morgan fingerprint density at radius 2 is 0.736 bits per heavy atom. The Balaban J connectivity index is 4.47. The first kappa shape index (κ1) is 51.3. The quantitative estimate of drug-likeness (QED) is 0.0345. The molecule has 1 unspecified atom stereocenters. The van der Waals surface area contributed by atoms with E-state index in [1.54, 1.807) is 0 Å². The highest BCUT2D eigenvalue weighted by Gasteiger charge is 2.51. The summed E-state index contributed by atoms with van der Waals surface area (Å²) in [6, 6.07) is 0. The molecular formula is C40H75AlO11S.